The van der Waals surface area contributed by atoms with Crippen LogP contribution in [-0.2, 0) is 4.79 Å². The predicted molar refractivity (Wildman–Crippen MR) is 63.0 cm³/mol. The third-order valence-electron chi connectivity index (χ3n) is 2.17. The molecule has 0 aliphatic rings. The summed E-state index contributed by atoms with van der Waals surface area (Å²) in [5, 5.41) is 0. The standard InChI is InChI=1S/C10H20N2OS/c1-5-12(10(13)7(2)3)6-8(4)9(11)14/h7-8H,5-6H2,1-4H3,(H2,11,14). The van der Waals surface area contributed by atoms with Crippen LogP contribution < -0.4 is 5.73 Å². The zero-order chi connectivity index (χ0) is 11.3. The molecule has 1 unspecified atom stereocenters. The summed E-state index contributed by atoms with van der Waals surface area (Å²) >= 11 is 4.88. The quantitative estimate of drug-likeness (QED) is 0.707. The lowest BCUT2D eigenvalue weighted by Crippen LogP contribution is -2.40. The Labute approximate surface area is 91.6 Å². The van der Waals surface area contributed by atoms with Gasteiger partial charge in [-0.1, -0.05) is 33.0 Å². The molecule has 0 aromatic carbocycles. The van der Waals surface area contributed by atoms with Gasteiger partial charge in [-0.25, -0.2) is 0 Å². The summed E-state index contributed by atoms with van der Waals surface area (Å²) in [7, 11) is 0. The number of nitrogens with two attached hydrogens (primary N) is 1. The monoisotopic (exact) mass is 216 g/mol. The van der Waals surface area contributed by atoms with Crippen LogP contribution in [-0.4, -0.2) is 28.9 Å². The molecular formula is C10H20N2OS. The van der Waals surface area contributed by atoms with Crippen LogP contribution in [0, 0.1) is 11.8 Å². The van der Waals surface area contributed by atoms with Crippen LogP contribution in [0.3, 0.4) is 0 Å². The van der Waals surface area contributed by atoms with Crippen LogP contribution in [0.15, 0.2) is 0 Å². The zero-order valence-electron chi connectivity index (χ0n) is 9.41. The topological polar surface area (TPSA) is 46.3 Å². The number of carbonyl (C=O) groups is 1. The molecule has 0 aromatic heterocycles. The Balaban J connectivity index is 4.29. The van der Waals surface area contributed by atoms with E-state index in [1.54, 1.807) is 4.90 Å². The van der Waals surface area contributed by atoms with Gasteiger partial charge in [0.05, 0.1) is 4.99 Å². The third-order valence-corrected chi connectivity index (χ3v) is 2.57. The van der Waals surface area contributed by atoms with E-state index in [4.69, 9.17) is 18.0 Å². The van der Waals surface area contributed by atoms with Gasteiger partial charge >= 0.3 is 0 Å². The van der Waals surface area contributed by atoms with Gasteiger partial charge in [0.2, 0.25) is 5.91 Å². The van der Waals surface area contributed by atoms with Gasteiger partial charge in [0, 0.05) is 24.9 Å². The lowest BCUT2D eigenvalue weighted by molar-refractivity contribution is -0.134. The summed E-state index contributed by atoms with van der Waals surface area (Å²) in [6, 6.07) is 0. The van der Waals surface area contributed by atoms with Crippen LogP contribution in [0.1, 0.15) is 27.7 Å². The van der Waals surface area contributed by atoms with Crippen LogP contribution in [0.5, 0.6) is 0 Å². The van der Waals surface area contributed by atoms with Crippen LogP contribution in [0.2, 0.25) is 0 Å². The average molecular weight is 216 g/mol. The Hall–Kier alpha value is -0.640. The number of nitrogens with zero attached hydrogens (tertiary/aromatic N) is 1. The molecule has 0 bridgehead atoms. The van der Waals surface area contributed by atoms with Crippen molar-refractivity contribution in [3.8, 4) is 0 Å². The van der Waals surface area contributed by atoms with Gasteiger partial charge in [-0.15, -0.1) is 0 Å². The fourth-order valence-corrected chi connectivity index (χ4v) is 1.24. The van der Waals surface area contributed by atoms with Gasteiger partial charge in [-0.2, -0.15) is 0 Å². The van der Waals surface area contributed by atoms with Gasteiger partial charge in [0.25, 0.3) is 0 Å². The molecule has 82 valence electrons. The van der Waals surface area contributed by atoms with Gasteiger partial charge < -0.3 is 10.6 Å². The number of hydrogen-bond acceptors (Lipinski definition) is 2. The van der Waals surface area contributed by atoms with Crippen molar-refractivity contribution in [2.45, 2.75) is 27.7 Å². The van der Waals surface area contributed by atoms with E-state index in [0.717, 1.165) is 0 Å². The van der Waals surface area contributed by atoms with Crippen molar-refractivity contribution in [2.75, 3.05) is 13.1 Å². The molecule has 0 fully saturated rings. The van der Waals surface area contributed by atoms with Gasteiger partial charge in [0.1, 0.15) is 0 Å². The fraction of sp³-hybridized carbons (Fsp3) is 0.800. The molecule has 0 radical (unpaired) electrons. The second kappa shape index (κ2) is 5.96. The van der Waals surface area contributed by atoms with Crippen molar-refractivity contribution < 1.29 is 4.79 Å². The second-order valence-electron chi connectivity index (χ2n) is 3.83. The first-order valence-electron chi connectivity index (χ1n) is 4.98. The molecular weight excluding hydrogens is 196 g/mol. The number of carbonyl (C=O) groups excluding carboxylic acids is 1. The number of thiocarbonyl (C=S) groups is 1. The molecule has 1 atom stereocenters. The molecule has 4 heteroatoms. The van der Waals surface area contributed by atoms with Crippen molar-refractivity contribution in [1.29, 1.82) is 0 Å². The first kappa shape index (κ1) is 13.4. The Morgan fingerprint density at radius 2 is 1.93 bits per heavy atom. The molecule has 2 N–H and O–H groups in total. The van der Waals surface area contributed by atoms with Crippen molar-refractivity contribution in [2.24, 2.45) is 17.6 Å². The lowest BCUT2D eigenvalue weighted by atomic mass is 10.1. The molecule has 1 amide bonds. The average Bonchev–Trinajstić information content (AvgIpc) is 2.12. The van der Waals surface area contributed by atoms with Gasteiger partial charge in [-0.3, -0.25) is 4.79 Å². The summed E-state index contributed by atoms with van der Waals surface area (Å²) in [5.41, 5.74) is 5.51. The Morgan fingerprint density at radius 1 is 1.43 bits per heavy atom. The van der Waals surface area contributed by atoms with E-state index in [2.05, 4.69) is 0 Å². The fourth-order valence-electron chi connectivity index (χ4n) is 1.16. The first-order valence-corrected chi connectivity index (χ1v) is 5.39. The number of rotatable bonds is 5. The van der Waals surface area contributed by atoms with E-state index in [0.29, 0.717) is 18.1 Å². The largest absolute Gasteiger partial charge is 0.393 e. The highest BCUT2D eigenvalue weighted by atomic mass is 32.1. The molecule has 0 aliphatic carbocycles. The maximum atomic E-state index is 11.7. The van der Waals surface area contributed by atoms with E-state index >= 15 is 0 Å². The molecule has 0 saturated heterocycles. The summed E-state index contributed by atoms with van der Waals surface area (Å²) in [6.45, 7) is 9.05. The molecule has 0 heterocycles. The van der Waals surface area contributed by atoms with E-state index in [1.807, 2.05) is 27.7 Å². The molecule has 0 rings (SSSR count). The molecule has 14 heavy (non-hydrogen) atoms. The lowest BCUT2D eigenvalue weighted by Gasteiger charge is -2.25. The van der Waals surface area contributed by atoms with Crippen LogP contribution >= 0.6 is 12.2 Å². The maximum absolute atomic E-state index is 11.7. The minimum atomic E-state index is 0.0356. The SMILES string of the molecule is CCN(CC(C)C(N)=S)C(=O)C(C)C. The van der Waals surface area contributed by atoms with Gasteiger partial charge in [0.15, 0.2) is 0 Å². The molecule has 0 aliphatic heterocycles. The predicted octanol–water partition coefficient (Wildman–Crippen LogP) is 1.41. The molecule has 0 aromatic rings. The Morgan fingerprint density at radius 3 is 2.21 bits per heavy atom. The maximum Gasteiger partial charge on any atom is 0.225 e. The van der Waals surface area contributed by atoms with Crippen molar-refractivity contribution in [3.05, 3.63) is 0 Å². The van der Waals surface area contributed by atoms with Gasteiger partial charge in [-0.05, 0) is 6.92 Å². The summed E-state index contributed by atoms with van der Waals surface area (Å²) in [4.78, 5) is 13.9. The summed E-state index contributed by atoms with van der Waals surface area (Å²) in [5.74, 6) is 0.289. The van der Waals surface area contributed by atoms with Crippen molar-refractivity contribution >= 4 is 23.1 Å². The highest BCUT2D eigenvalue weighted by Gasteiger charge is 2.18. The zero-order valence-corrected chi connectivity index (χ0v) is 10.2. The highest BCUT2D eigenvalue weighted by Crippen LogP contribution is 2.05. The number of amides is 1. The normalized spacial score (nSPS) is 12.6. The first-order chi connectivity index (χ1) is 6.40. The molecule has 0 saturated carbocycles. The van der Waals surface area contributed by atoms with E-state index in [1.165, 1.54) is 0 Å². The summed E-state index contributed by atoms with van der Waals surface area (Å²) < 4.78 is 0. The molecule has 3 nitrogen and oxygen atoms in total. The third kappa shape index (κ3) is 4.05. The van der Waals surface area contributed by atoms with Crippen LogP contribution in [0.4, 0.5) is 0 Å². The van der Waals surface area contributed by atoms with Crippen LogP contribution in [0.25, 0.3) is 0 Å². The summed E-state index contributed by atoms with van der Waals surface area (Å²) in [6.07, 6.45) is 0. The van der Waals surface area contributed by atoms with Crippen molar-refractivity contribution in [3.63, 3.8) is 0 Å². The molecule has 0 spiro atoms. The minimum Gasteiger partial charge on any atom is -0.393 e. The second-order valence-corrected chi connectivity index (χ2v) is 4.31. The minimum absolute atomic E-state index is 0.0356. The smallest absolute Gasteiger partial charge is 0.225 e. The number of hydrogen-bond donors (Lipinski definition) is 1. The van der Waals surface area contributed by atoms with E-state index in [-0.39, 0.29) is 17.7 Å². The Kier molecular flexibility index (Phi) is 5.69. The van der Waals surface area contributed by atoms with E-state index in [9.17, 15) is 4.79 Å². The van der Waals surface area contributed by atoms with Crippen molar-refractivity contribution in [1.82, 2.24) is 4.90 Å². The van der Waals surface area contributed by atoms with E-state index < -0.39 is 0 Å². The Bertz CT molecular complexity index is 216. The highest BCUT2D eigenvalue weighted by molar-refractivity contribution is 7.80.